The van der Waals surface area contributed by atoms with E-state index in [2.05, 4.69) is 5.32 Å². The molecule has 2 rings (SSSR count). The summed E-state index contributed by atoms with van der Waals surface area (Å²) in [6.45, 7) is 3.73. The second-order valence-corrected chi connectivity index (χ2v) is 6.14. The van der Waals surface area contributed by atoms with Gasteiger partial charge in [0.1, 0.15) is 0 Å². The summed E-state index contributed by atoms with van der Waals surface area (Å²) in [6.07, 6.45) is 4.49. The average molecular weight is 372 g/mol. The molecule has 0 spiro atoms. The van der Waals surface area contributed by atoms with Crippen LogP contribution in [0.15, 0.2) is 48.5 Å². The maximum absolute atomic E-state index is 12.1. The van der Waals surface area contributed by atoms with Crippen LogP contribution in [0.25, 0.3) is 6.08 Å². The fourth-order valence-electron chi connectivity index (χ4n) is 2.54. The molecule has 0 bridgehead atoms. The Hall–Kier alpha value is -2.59. The van der Waals surface area contributed by atoms with Gasteiger partial charge in [-0.15, -0.1) is 0 Å². The molecule has 0 saturated carbocycles. The predicted octanol–water partition coefficient (Wildman–Crippen LogP) is 4.66. The molecule has 1 N–H and O–H groups in total. The Bertz CT molecular complexity index is 792. The minimum absolute atomic E-state index is 0.333. The third kappa shape index (κ3) is 5.74. The number of aryl methyl sites for hydroxylation is 2. The maximum Gasteiger partial charge on any atom is 0.331 e. The van der Waals surface area contributed by atoms with Gasteiger partial charge in [0.25, 0.3) is 5.91 Å². The number of nitrogens with one attached hydrogen (secondary N) is 1. The van der Waals surface area contributed by atoms with Gasteiger partial charge in [-0.2, -0.15) is 0 Å². The number of halogens is 1. The fraction of sp³-hybridized carbons (Fsp3) is 0.238. The summed E-state index contributed by atoms with van der Waals surface area (Å²) in [6, 6.07) is 13.0. The van der Waals surface area contributed by atoms with E-state index in [-0.39, 0.29) is 12.5 Å². The first kappa shape index (κ1) is 19.7. The van der Waals surface area contributed by atoms with Crippen LogP contribution >= 0.6 is 11.6 Å². The molecule has 2 aromatic carbocycles. The second kappa shape index (κ2) is 9.78. The zero-order chi connectivity index (χ0) is 18.9. The quantitative estimate of drug-likeness (QED) is 0.568. The normalized spacial score (nSPS) is 10.7. The molecule has 1 amide bonds. The number of anilines is 1. The van der Waals surface area contributed by atoms with E-state index in [1.54, 1.807) is 24.3 Å². The molecule has 0 aliphatic heterocycles. The molecule has 4 nitrogen and oxygen atoms in total. The highest BCUT2D eigenvalue weighted by Crippen LogP contribution is 2.22. The number of para-hydroxylation sites is 1. The van der Waals surface area contributed by atoms with Crippen molar-refractivity contribution in [2.45, 2.75) is 26.7 Å². The standard InChI is InChI=1S/C21H22ClNO3/c1-3-16-8-6-9-17(4-2)21(16)23-19(24)14-26-20(25)12-11-15-7-5-10-18(22)13-15/h5-13H,3-4,14H2,1-2H3,(H,23,24)/b12-11+. The number of carbonyl (C=O) groups excluding carboxylic acids is 2. The van der Waals surface area contributed by atoms with Gasteiger partial charge in [0, 0.05) is 16.8 Å². The van der Waals surface area contributed by atoms with E-state index in [9.17, 15) is 9.59 Å². The van der Waals surface area contributed by atoms with E-state index in [4.69, 9.17) is 16.3 Å². The predicted molar refractivity (Wildman–Crippen MR) is 105 cm³/mol. The third-order valence-corrected chi connectivity index (χ3v) is 4.10. The Morgan fingerprint density at radius 2 is 1.73 bits per heavy atom. The highest BCUT2D eigenvalue weighted by Gasteiger charge is 2.11. The maximum atomic E-state index is 12.1. The van der Waals surface area contributed by atoms with Crippen molar-refractivity contribution in [3.05, 3.63) is 70.3 Å². The number of hydrogen-bond acceptors (Lipinski definition) is 3. The summed E-state index contributed by atoms with van der Waals surface area (Å²) in [4.78, 5) is 23.9. The molecule has 0 aliphatic rings. The minimum Gasteiger partial charge on any atom is -0.452 e. The summed E-state index contributed by atoms with van der Waals surface area (Å²) >= 11 is 5.89. The van der Waals surface area contributed by atoms with Crippen LogP contribution in [0, 0.1) is 0 Å². The van der Waals surface area contributed by atoms with E-state index in [1.807, 2.05) is 38.1 Å². The molecule has 0 fully saturated rings. The van der Waals surface area contributed by atoms with Crippen LogP contribution in [0.4, 0.5) is 5.69 Å². The molecule has 0 unspecified atom stereocenters. The molecule has 0 aromatic heterocycles. The van der Waals surface area contributed by atoms with E-state index >= 15 is 0 Å². The van der Waals surface area contributed by atoms with Crippen LogP contribution < -0.4 is 5.32 Å². The average Bonchev–Trinajstić information content (AvgIpc) is 2.65. The van der Waals surface area contributed by atoms with Crippen LogP contribution in [0.1, 0.15) is 30.5 Å². The Morgan fingerprint density at radius 1 is 1.08 bits per heavy atom. The van der Waals surface area contributed by atoms with Gasteiger partial charge in [-0.3, -0.25) is 4.79 Å². The fourth-order valence-corrected chi connectivity index (χ4v) is 2.74. The number of rotatable bonds is 7. The number of ether oxygens (including phenoxy) is 1. The van der Waals surface area contributed by atoms with Crippen LogP contribution in [-0.2, 0) is 27.2 Å². The first-order valence-electron chi connectivity index (χ1n) is 8.54. The molecule has 0 saturated heterocycles. The second-order valence-electron chi connectivity index (χ2n) is 5.70. The van der Waals surface area contributed by atoms with Crippen molar-refractivity contribution in [2.24, 2.45) is 0 Å². The van der Waals surface area contributed by atoms with Crippen LogP contribution in [0.5, 0.6) is 0 Å². The van der Waals surface area contributed by atoms with Crippen molar-refractivity contribution < 1.29 is 14.3 Å². The van der Waals surface area contributed by atoms with Crippen molar-refractivity contribution in [3.8, 4) is 0 Å². The Kier molecular flexibility index (Phi) is 7.42. The summed E-state index contributed by atoms with van der Waals surface area (Å²) in [5.74, 6) is -0.940. The van der Waals surface area contributed by atoms with Crippen LogP contribution in [0.2, 0.25) is 5.02 Å². The lowest BCUT2D eigenvalue weighted by Gasteiger charge is -2.14. The molecule has 0 radical (unpaired) electrons. The molecular weight excluding hydrogens is 350 g/mol. The smallest absolute Gasteiger partial charge is 0.331 e. The van der Waals surface area contributed by atoms with Gasteiger partial charge < -0.3 is 10.1 Å². The SMILES string of the molecule is CCc1cccc(CC)c1NC(=O)COC(=O)/C=C/c1cccc(Cl)c1. The highest BCUT2D eigenvalue weighted by molar-refractivity contribution is 6.30. The first-order valence-corrected chi connectivity index (χ1v) is 8.92. The van der Waals surface area contributed by atoms with Crippen molar-refractivity contribution in [1.29, 1.82) is 0 Å². The number of esters is 1. The monoisotopic (exact) mass is 371 g/mol. The van der Waals surface area contributed by atoms with Gasteiger partial charge in [-0.25, -0.2) is 4.79 Å². The molecule has 5 heteroatoms. The lowest BCUT2D eigenvalue weighted by molar-refractivity contribution is -0.142. The van der Waals surface area contributed by atoms with E-state index in [0.29, 0.717) is 5.02 Å². The largest absolute Gasteiger partial charge is 0.452 e. The van der Waals surface area contributed by atoms with Crippen molar-refractivity contribution in [1.82, 2.24) is 0 Å². The van der Waals surface area contributed by atoms with Gasteiger partial charge >= 0.3 is 5.97 Å². The van der Waals surface area contributed by atoms with Crippen molar-refractivity contribution >= 4 is 35.2 Å². The lowest BCUT2D eigenvalue weighted by Crippen LogP contribution is -2.21. The first-order chi connectivity index (χ1) is 12.5. The molecular formula is C21H22ClNO3. The summed E-state index contributed by atoms with van der Waals surface area (Å²) in [5.41, 5.74) is 3.71. The molecule has 136 valence electrons. The zero-order valence-electron chi connectivity index (χ0n) is 14.9. The van der Waals surface area contributed by atoms with Crippen molar-refractivity contribution in [3.63, 3.8) is 0 Å². The number of hydrogen-bond donors (Lipinski definition) is 1. The summed E-state index contributed by atoms with van der Waals surface area (Å²) in [5, 5.41) is 3.44. The summed E-state index contributed by atoms with van der Waals surface area (Å²) in [7, 11) is 0. The molecule has 26 heavy (non-hydrogen) atoms. The molecule has 0 heterocycles. The Labute approximate surface area is 158 Å². The van der Waals surface area contributed by atoms with Crippen LogP contribution in [0.3, 0.4) is 0 Å². The zero-order valence-corrected chi connectivity index (χ0v) is 15.7. The minimum atomic E-state index is -0.584. The molecule has 2 aromatic rings. The third-order valence-electron chi connectivity index (χ3n) is 3.87. The van der Waals surface area contributed by atoms with E-state index in [1.165, 1.54) is 6.08 Å². The van der Waals surface area contributed by atoms with Crippen LogP contribution in [-0.4, -0.2) is 18.5 Å². The number of amides is 1. The molecule has 0 atom stereocenters. The van der Waals surface area contributed by atoms with Gasteiger partial charge in [0.05, 0.1) is 0 Å². The Morgan fingerprint density at radius 3 is 2.35 bits per heavy atom. The van der Waals surface area contributed by atoms with E-state index in [0.717, 1.165) is 35.2 Å². The van der Waals surface area contributed by atoms with Gasteiger partial charge in [0.2, 0.25) is 0 Å². The number of benzene rings is 2. The van der Waals surface area contributed by atoms with E-state index < -0.39 is 5.97 Å². The number of carbonyl (C=O) groups is 2. The van der Waals surface area contributed by atoms with Gasteiger partial charge in [-0.1, -0.05) is 55.8 Å². The lowest BCUT2D eigenvalue weighted by atomic mass is 10.0. The topological polar surface area (TPSA) is 55.4 Å². The molecule has 0 aliphatic carbocycles. The van der Waals surface area contributed by atoms with Gasteiger partial charge in [-0.05, 0) is 47.7 Å². The summed E-state index contributed by atoms with van der Waals surface area (Å²) < 4.78 is 5.00. The highest BCUT2D eigenvalue weighted by atomic mass is 35.5. The van der Waals surface area contributed by atoms with Gasteiger partial charge in [0.15, 0.2) is 6.61 Å². The Balaban J connectivity index is 1.92. The van der Waals surface area contributed by atoms with Crippen molar-refractivity contribution in [2.75, 3.05) is 11.9 Å².